The summed E-state index contributed by atoms with van der Waals surface area (Å²) in [4.78, 5) is 2.16. The van der Waals surface area contributed by atoms with E-state index in [1.165, 1.54) is 11.1 Å². The molecule has 1 aromatic heterocycles. The van der Waals surface area contributed by atoms with E-state index in [0.717, 1.165) is 23.5 Å². The Hall–Kier alpha value is -1.65. The van der Waals surface area contributed by atoms with E-state index in [0.29, 0.717) is 6.61 Å². The quantitative estimate of drug-likeness (QED) is 0.897. The van der Waals surface area contributed by atoms with Crippen LogP contribution in [0.4, 0.5) is 0 Å². The monoisotopic (exact) mass is 259 g/mol. The molecule has 0 amide bonds. The minimum Gasteiger partial charge on any atom is -0.378 e. The van der Waals surface area contributed by atoms with Gasteiger partial charge in [-0.2, -0.15) is 5.10 Å². The van der Waals surface area contributed by atoms with Crippen LogP contribution in [0.2, 0.25) is 0 Å². The Morgan fingerprint density at radius 2 is 1.89 bits per heavy atom. The van der Waals surface area contributed by atoms with Crippen LogP contribution in [0.1, 0.15) is 17.0 Å². The summed E-state index contributed by atoms with van der Waals surface area (Å²) in [5, 5.41) is 7.32. The van der Waals surface area contributed by atoms with Crippen molar-refractivity contribution in [1.29, 1.82) is 0 Å². The van der Waals surface area contributed by atoms with Crippen LogP contribution >= 0.6 is 0 Å². The predicted molar refractivity (Wildman–Crippen MR) is 76.9 cm³/mol. The van der Waals surface area contributed by atoms with Gasteiger partial charge in [0.2, 0.25) is 0 Å². The molecule has 0 spiro atoms. The maximum absolute atomic E-state index is 5.19. The number of H-pyrrole nitrogens is 1. The number of ether oxygens (including phenoxy) is 1. The Bertz CT molecular complexity index is 529. The third-order valence-electron chi connectivity index (χ3n) is 3.04. The second-order valence-corrected chi connectivity index (χ2v) is 5.04. The average molecular weight is 259 g/mol. The van der Waals surface area contributed by atoms with Crippen molar-refractivity contribution in [2.45, 2.75) is 20.1 Å². The highest BCUT2D eigenvalue weighted by Gasteiger charge is 2.12. The van der Waals surface area contributed by atoms with Gasteiger partial charge in [-0.1, -0.05) is 24.3 Å². The first kappa shape index (κ1) is 13.8. The summed E-state index contributed by atoms with van der Waals surface area (Å²) in [5.74, 6) is 0. The summed E-state index contributed by atoms with van der Waals surface area (Å²) in [6.45, 7) is 3.52. The molecular formula is C15H21N3O. The molecule has 0 unspecified atom stereocenters. The summed E-state index contributed by atoms with van der Waals surface area (Å²) >= 11 is 0. The van der Waals surface area contributed by atoms with Crippen LogP contribution in [-0.2, 0) is 17.9 Å². The van der Waals surface area contributed by atoms with Crippen molar-refractivity contribution < 1.29 is 4.74 Å². The zero-order valence-corrected chi connectivity index (χ0v) is 12.0. The molecule has 0 saturated heterocycles. The topological polar surface area (TPSA) is 41.1 Å². The highest BCUT2D eigenvalue weighted by atomic mass is 16.5. The van der Waals surface area contributed by atoms with Crippen LogP contribution in [0.15, 0.2) is 24.3 Å². The molecule has 4 heteroatoms. The van der Waals surface area contributed by atoms with Crippen LogP contribution in [0, 0.1) is 6.92 Å². The lowest BCUT2D eigenvalue weighted by molar-refractivity contribution is 0.182. The Morgan fingerprint density at radius 3 is 2.47 bits per heavy atom. The first-order valence-electron chi connectivity index (χ1n) is 6.38. The van der Waals surface area contributed by atoms with Crippen LogP contribution in [-0.4, -0.2) is 36.3 Å². The van der Waals surface area contributed by atoms with Gasteiger partial charge in [-0.25, -0.2) is 0 Å². The summed E-state index contributed by atoms with van der Waals surface area (Å²) in [7, 11) is 5.84. The number of aromatic amines is 1. The largest absolute Gasteiger partial charge is 0.378 e. The van der Waals surface area contributed by atoms with Crippen molar-refractivity contribution in [1.82, 2.24) is 15.1 Å². The predicted octanol–water partition coefficient (Wildman–Crippen LogP) is 2.59. The van der Waals surface area contributed by atoms with Crippen molar-refractivity contribution in [3.05, 3.63) is 41.2 Å². The van der Waals surface area contributed by atoms with Gasteiger partial charge in [-0.15, -0.1) is 0 Å². The highest BCUT2D eigenvalue weighted by molar-refractivity contribution is 5.68. The first-order chi connectivity index (χ1) is 9.11. The molecule has 2 aromatic rings. The molecule has 2 rings (SSSR count). The van der Waals surface area contributed by atoms with Gasteiger partial charge in [-0.3, -0.25) is 5.10 Å². The SMILES string of the molecule is COCc1n[nH]c(C)c1-c1ccc(CN(C)C)cc1. The van der Waals surface area contributed by atoms with E-state index in [1.807, 2.05) is 6.92 Å². The van der Waals surface area contributed by atoms with Gasteiger partial charge in [0, 0.05) is 24.9 Å². The summed E-state index contributed by atoms with van der Waals surface area (Å²) in [6, 6.07) is 8.63. The van der Waals surface area contributed by atoms with E-state index >= 15 is 0 Å². The van der Waals surface area contributed by atoms with Crippen molar-refractivity contribution >= 4 is 0 Å². The Labute approximate surface area is 114 Å². The zero-order valence-electron chi connectivity index (χ0n) is 12.0. The smallest absolute Gasteiger partial charge is 0.0960 e. The highest BCUT2D eigenvalue weighted by Crippen LogP contribution is 2.26. The second-order valence-electron chi connectivity index (χ2n) is 5.04. The molecule has 0 fully saturated rings. The fraction of sp³-hybridized carbons (Fsp3) is 0.400. The van der Waals surface area contributed by atoms with Gasteiger partial charge < -0.3 is 9.64 Å². The molecule has 0 atom stereocenters. The second kappa shape index (κ2) is 5.99. The summed E-state index contributed by atoms with van der Waals surface area (Å²) < 4.78 is 5.19. The number of nitrogens with zero attached hydrogens (tertiary/aromatic N) is 2. The van der Waals surface area contributed by atoms with E-state index in [9.17, 15) is 0 Å². The Kier molecular flexibility index (Phi) is 4.35. The lowest BCUT2D eigenvalue weighted by Crippen LogP contribution is -2.10. The van der Waals surface area contributed by atoms with Gasteiger partial charge in [0.25, 0.3) is 0 Å². The molecule has 0 aliphatic carbocycles. The maximum atomic E-state index is 5.19. The molecule has 1 heterocycles. The fourth-order valence-corrected chi connectivity index (χ4v) is 2.25. The lowest BCUT2D eigenvalue weighted by Gasteiger charge is -2.10. The minimum absolute atomic E-state index is 0.527. The molecule has 1 aromatic carbocycles. The Morgan fingerprint density at radius 1 is 1.21 bits per heavy atom. The van der Waals surface area contributed by atoms with Gasteiger partial charge in [-0.05, 0) is 32.1 Å². The number of hydrogen-bond acceptors (Lipinski definition) is 3. The molecule has 1 N–H and O–H groups in total. The molecule has 0 aliphatic rings. The van der Waals surface area contributed by atoms with E-state index in [2.05, 4.69) is 53.5 Å². The van der Waals surface area contributed by atoms with Gasteiger partial charge in [0.1, 0.15) is 0 Å². The number of aryl methyl sites for hydroxylation is 1. The molecular weight excluding hydrogens is 238 g/mol. The molecule has 0 saturated carbocycles. The third kappa shape index (κ3) is 3.22. The van der Waals surface area contributed by atoms with E-state index in [4.69, 9.17) is 4.74 Å². The van der Waals surface area contributed by atoms with Crippen LogP contribution in [0.25, 0.3) is 11.1 Å². The lowest BCUT2D eigenvalue weighted by atomic mass is 10.0. The number of rotatable bonds is 5. The van der Waals surface area contributed by atoms with E-state index in [-0.39, 0.29) is 0 Å². The van der Waals surface area contributed by atoms with Crippen molar-refractivity contribution in [3.8, 4) is 11.1 Å². The third-order valence-corrected chi connectivity index (χ3v) is 3.04. The van der Waals surface area contributed by atoms with Crippen molar-refractivity contribution in [3.63, 3.8) is 0 Å². The van der Waals surface area contributed by atoms with Gasteiger partial charge >= 0.3 is 0 Å². The van der Waals surface area contributed by atoms with Crippen molar-refractivity contribution in [2.75, 3.05) is 21.2 Å². The normalized spacial score (nSPS) is 11.2. The summed E-state index contributed by atoms with van der Waals surface area (Å²) in [5.41, 5.74) is 5.68. The van der Waals surface area contributed by atoms with Gasteiger partial charge in [0.15, 0.2) is 0 Å². The van der Waals surface area contributed by atoms with Gasteiger partial charge in [0.05, 0.1) is 12.3 Å². The summed E-state index contributed by atoms with van der Waals surface area (Å²) in [6.07, 6.45) is 0. The molecule has 0 radical (unpaired) electrons. The van der Waals surface area contributed by atoms with Crippen molar-refractivity contribution in [2.24, 2.45) is 0 Å². The molecule has 0 aliphatic heterocycles. The molecule has 4 nitrogen and oxygen atoms in total. The number of methoxy groups -OCH3 is 1. The van der Waals surface area contributed by atoms with Crippen LogP contribution < -0.4 is 0 Å². The zero-order chi connectivity index (χ0) is 13.8. The average Bonchev–Trinajstić information content (AvgIpc) is 2.72. The number of aromatic nitrogens is 2. The van der Waals surface area contributed by atoms with E-state index < -0.39 is 0 Å². The van der Waals surface area contributed by atoms with Crippen LogP contribution in [0.5, 0.6) is 0 Å². The fourth-order valence-electron chi connectivity index (χ4n) is 2.25. The Balaban J connectivity index is 2.29. The minimum atomic E-state index is 0.527. The molecule has 102 valence electrons. The standard InChI is InChI=1S/C15H21N3O/c1-11-15(14(10-19-4)17-16-11)13-7-5-12(6-8-13)9-18(2)3/h5-8H,9-10H2,1-4H3,(H,16,17). The number of nitrogens with one attached hydrogen (secondary N) is 1. The first-order valence-corrected chi connectivity index (χ1v) is 6.38. The maximum Gasteiger partial charge on any atom is 0.0960 e. The van der Waals surface area contributed by atoms with Crippen LogP contribution in [0.3, 0.4) is 0 Å². The van der Waals surface area contributed by atoms with E-state index in [1.54, 1.807) is 7.11 Å². The molecule has 19 heavy (non-hydrogen) atoms. The number of benzene rings is 1. The number of hydrogen-bond donors (Lipinski definition) is 1. The molecule has 0 bridgehead atoms.